The number of nitrogens with one attached hydrogen (secondary N) is 2. The molecule has 1 aromatic carbocycles. The number of guanidine groups is 1. The fraction of sp³-hybridized carbons (Fsp3) is 0.650. The number of rotatable bonds is 8. The highest BCUT2D eigenvalue weighted by molar-refractivity contribution is 14.0. The molecule has 7 heteroatoms. The topological polar surface area (TPSA) is 52.1 Å². The predicted octanol–water partition coefficient (Wildman–Crippen LogP) is 2.40. The first-order valence-electron chi connectivity index (χ1n) is 9.86. The Hall–Kier alpha value is -1.06. The number of nitrogens with zero attached hydrogens (tertiary/aromatic N) is 3. The number of hydrogen-bond acceptors (Lipinski definition) is 4. The lowest BCUT2D eigenvalue weighted by atomic mass is 10.2. The Morgan fingerprint density at radius 2 is 1.93 bits per heavy atom. The van der Waals surface area contributed by atoms with E-state index in [0.717, 1.165) is 50.0 Å². The average molecular weight is 489 g/mol. The van der Waals surface area contributed by atoms with E-state index in [1.165, 1.54) is 19.5 Å². The van der Waals surface area contributed by atoms with Crippen molar-refractivity contribution >= 4 is 29.9 Å². The van der Waals surface area contributed by atoms with Crippen LogP contribution >= 0.6 is 24.0 Å². The molecule has 1 saturated heterocycles. The molecule has 27 heavy (non-hydrogen) atoms. The van der Waals surface area contributed by atoms with Gasteiger partial charge in [-0.25, -0.2) is 4.99 Å². The fourth-order valence-electron chi connectivity index (χ4n) is 3.09. The van der Waals surface area contributed by atoms with Gasteiger partial charge in [0.1, 0.15) is 5.75 Å². The van der Waals surface area contributed by atoms with Gasteiger partial charge in [0.25, 0.3) is 0 Å². The van der Waals surface area contributed by atoms with Crippen LogP contribution in [-0.4, -0.2) is 75.2 Å². The summed E-state index contributed by atoms with van der Waals surface area (Å²) in [4.78, 5) is 9.67. The zero-order chi connectivity index (χ0) is 18.6. The van der Waals surface area contributed by atoms with Crippen LogP contribution in [-0.2, 0) is 6.54 Å². The molecule has 1 aromatic rings. The third-order valence-corrected chi connectivity index (χ3v) is 4.56. The van der Waals surface area contributed by atoms with Crippen LogP contribution in [0.2, 0.25) is 0 Å². The second kappa shape index (κ2) is 14.0. The molecule has 0 saturated carbocycles. The van der Waals surface area contributed by atoms with Gasteiger partial charge in [-0.2, -0.15) is 0 Å². The summed E-state index contributed by atoms with van der Waals surface area (Å²) < 4.78 is 5.69. The van der Waals surface area contributed by atoms with Crippen molar-refractivity contribution < 1.29 is 4.74 Å². The number of likely N-dealkylation sites (N-methyl/N-ethyl adjacent to an activating group) is 1. The molecule has 1 heterocycles. The van der Waals surface area contributed by atoms with Gasteiger partial charge in [-0.1, -0.05) is 18.2 Å². The Morgan fingerprint density at radius 3 is 2.70 bits per heavy atom. The van der Waals surface area contributed by atoms with Crippen LogP contribution in [0.4, 0.5) is 0 Å². The Morgan fingerprint density at radius 1 is 1.11 bits per heavy atom. The molecule has 0 atom stereocenters. The maximum Gasteiger partial charge on any atom is 0.191 e. The van der Waals surface area contributed by atoms with Gasteiger partial charge >= 0.3 is 0 Å². The van der Waals surface area contributed by atoms with E-state index in [9.17, 15) is 0 Å². The van der Waals surface area contributed by atoms with Crippen LogP contribution in [0, 0.1) is 0 Å². The molecular formula is C20H36IN5O. The second-order valence-electron chi connectivity index (χ2n) is 6.66. The first kappa shape index (κ1) is 24.0. The van der Waals surface area contributed by atoms with Gasteiger partial charge in [-0.3, -0.25) is 0 Å². The SMILES string of the molecule is CCNC(=NCc1ccccc1OCC)NCCN1CCCN(C)CC1.I. The maximum atomic E-state index is 5.69. The van der Waals surface area contributed by atoms with Crippen molar-refractivity contribution in [1.29, 1.82) is 0 Å². The van der Waals surface area contributed by atoms with Crippen molar-refractivity contribution in [2.45, 2.75) is 26.8 Å². The molecular weight excluding hydrogens is 453 g/mol. The summed E-state index contributed by atoms with van der Waals surface area (Å²) >= 11 is 0. The van der Waals surface area contributed by atoms with Gasteiger partial charge in [-0.05, 0) is 46.5 Å². The highest BCUT2D eigenvalue weighted by Crippen LogP contribution is 2.18. The Bertz CT molecular complexity index is 555. The van der Waals surface area contributed by atoms with Crippen LogP contribution in [0.5, 0.6) is 5.75 Å². The standard InChI is InChI=1S/C20H35N5O.HI/c1-4-21-20(22-11-14-25-13-8-12-24(3)15-16-25)23-17-18-9-6-7-10-19(18)26-5-2;/h6-7,9-10H,4-5,8,11-17H2,1-3H3,(H2,21,22,23);1H. The van der Waals surface area contributed by atoms with Crippen LogP contribution in [0.1, 0.15) is 25.8 Å². The van der Waals surface area contributed by atoms with Crippen LogP contribution < -0.4 is 15.4 Å². The van der Waals surface area contributed by atoms with Crippen LogP contribution in [0.15, 0.2) is 29.3 Å². The number of ether oxygens (including phenoxy) is 1. The van der Waals surface area contributed by atoms with Crippen LogP contribution in [0.3, 0.4) is 0 Å². The summed E-state index contributed by atoms with van der Waals surface area (Å²) in [6.45, 7) is 12.9. The zero-order valence-corrected chi connectivity index (χ0v) is 19.4. The smallest absolute Gasteiger partial charge is 0.191 e. The quantitative estimate of drug-likeness (QED) is 0.334. The maximum absolute atomic E-state index is 5.69. The molecule has 0 aromatic heterocycles. The Kier molecular flexibility index (Phi) is 12.4. The van der Waals surface area contributed by atoms with Gasteiger partial charge in [0.15, 0.2) is 5.96 Å². The summed E-state index contributed by atoms with van der Waals surface area (Å²) in [6.07, 6.45) is 1.25. The van der Waals surface area contributed by atoms with E-state index in [4.69, 9.17) is 9.73 Å². The van der Waals surface area contributed by atoms with E-state index in [1.807, 2.05) is 25.1 Å². The third-order valence-electron chi connectivity index (χ3n) is 4.56. The van der Waals surface area contributed by atoms with Crippen molar-refractivity contribution in [3.8, 4) is 5.75 Å². The van der Waals surface area contributed by atoms with Crippen molar-refractivity contribution in [3.63, 3.8) is 0 Å². The number of hydrogen-bond donors (Lipinski definition) is 2. The molecule has 1 fully saturated rings. The monoisotopic (exact) mass is 489 g/mol. The van der Waals surface area contributed by atoms with E-state index in [-0.39, 0.29) is 24.0 Å². The molecule has 6 nitrogen and oxygen atoms in total. The largest absolute Gasteiger partial charge is 0.494 e. The fourth-order valence-corrected chi connectivity index (χ4v) is 3.09. The molecule has 154 valence electrons. The zero-order valence-electron chi connectivity index (χ0n) is 17.0. The van der Waals surface area contributed by atoms with Crippen molar-refractivity contribution in [2.75, 3.05) is 59.5 Å². The van der Waals surface area contributed by atoms with Crippen LogP contribution in [0.25, 0.3) is 0 Å². The van der Waals surface area contributed by atoms with Gasteiger partial charge in [-0.15, -0.1) is 24.0 Å². The van der Waals surface area contributed by atoms with E-state index >= 15 is 0 Å². The van der Waals surface area contributed by atoms with Crippen molar-refractivity contribution in [2.24, 2.45) is 4.99 Å². The lowest BCUT2D eigenvalue weighted by molar-refractivity contribution is 0.280. The number of halogens is 1. The van der Waals surface area contributed by atoms with Gasteiger partial charge in [0.2, 0.25) is 0 Å². The summed E-state index contributed by atoms with van der Waals surface area (Å²) in [5.74, 6) is 1.79. The predicted molar refractivity (Wildman–Crippen MR) is 124 cm³/mol. The van der Waals surface area contributed by atoms with Crippen molar-refractivity contribution in [3.05, 3.63) is 29.8 Å². The minimum Gasteiger partial charge on any atom is -0.494 e. The first-order valence-corrected chi connectivity index (χ1v) is 9.86. The van der Waals surface area contributed by atoms with E-state index < -0.39 is 0 Å². The highest BCUT2D eigenvalue weighted by atomic mass is 127. The molecule has 1 aliphatic heterocycles. The molecule has 2 N–H and O–H groups in total. The Labute approximate surface area is 181 Å². The Balaban J connectivity index is 0.00000364. The number of para-hydroxylation sites is 1. The molecule has 2 rings (SSSR count). The highest BCUT2D eigenvalue weighted by Gasteiger charge is 2.11. The summed E-state index contributed by atoms with van der Waals surface area (Å²) in [6, 6.07) is 8.11. The summed E-state index contributed by atoms with van der Waals surface area (Å²) in [5, 5.41) is 6.80. The molecule has 0 radical (unpaired) electrons. The summed E-state index contributed by atoms with van der Waals surface area (Å²) in [7, 11) is 2.21. The molecule has 0 unspecified atom stereocenters. The minimum atomic E-state index is 0. The molecule has 0 spiro atoms. The van der Waals surface area contributed by atoms with E-state index in [1.54, 1.807) is 0 Å². The second-order valence-corrected chi connectivity index (χ2v) is 6.66. The molecule has 1 aliphatic rings. The molecule has 0 amide bonds. The lowest BCUT2D eigenvalue weighted by Gasteiger charge is -2.21. The summed E-state index contributed by atoms with van der Waals surface area (Å²) in [5.41, 5.74) is 1.11. The van der Waals surface area contributed by atoms with E-state index in [0.29, 0.717) is 13.2 Å². The van der Waals surface area contributed by atoms with Crippen molar-refractivity contribution in [1.82, 2.24) is 20.4 Å². The number of aliphatic imine (C=N–C) groups is 1. The third kappa shape index (κ3) is 9.12. The lowest BCUT2D eigenvalue weighted by Crippen LogP contribution is -2.42. The molecule has 0 bridgehead atoms. The average Bonchev–Trinajstić information content (AvgIpc) is 2.85. The minimum absolute atomic E-state index is 0. The van der Waals surface area contributed by atoms with Gasteiger partial charge in [0.05, 0.1) is 13.2 Å². The van der Waals surface area contributed by atoms with Gasteiger partial charge in [0, 0.05) is 38.3 Å². The number of benzene rings is 1. The molecule has 0 aliphatic carbocycles. The van der Waals surface area contributed by atoms with Gasteiger partial charge < -0.3 is 25.2 Å². The first-order chi connectivity index (χ1) is 12.7. The van der Waals surface area contributed by atoms with E-state index in [2.05, 4.69) is 40.5 Å². The normalized spacial score (nSPS) is 16.3.